The van der Waals surface area contributed by atoms with Crippen LogP contribution in [0.3, 0.4) is 0 Å². The van der Waals surface area contributed by atoms with Crippen molar-refractivity contribution in [2.75, 3.05) is 0 Å². The molecule has 0 aliphatic carbocycles. The average Bonchev–Trinajstić information content (AvgIpc) is 3.59. The summed E-state index contributed by atoms with van der Waals surface area (Å²) in [7, 11) is 0. The zero-order chi connectivity index (χ0) is 41.4. The number of fused-ring (bicyclic) bond motifs is 2. The molecule has 0 atom stereocenters. The smallest absolute Gasteiger partial charge is 0.0889 e. The monoisotopic (exact) mass is 953 g/mol. The van der Waals surface area contributed by atoms with Gasteiger partial charge in [-0.15, -0.1) is 59.5 Å². The second-order valence-electron chi connectivity index (χ2n) is 18.1. The van der Waals surface area contributed by atoms with E-state index in [2.05, 4.69) is 195 Å². The molecular weight excluding hydrogens is 897 g/mol. The molecule has 3 heterocycles. The Labute approximate surface area is 365 Å². The maximum atomic E-state index is 5.34. The fourth-order valence-electron chi connectivity index (χ4n) is 7.59. The minimum atomic E-state index is -0.143. The second kappa shape index (κ2) is 17.6. The first-order valence-corrected chi connectivity index (χ1v) is 20.6. The van der Waals surface area contributed by atoms with Crippen molar-refractivity contribution in [2.45, 2.75) is 98.8 Å². The minimum absolute atomic E-state index is 0. The third-order valence-corrected chi connectivity index (χ3v) is 10.7. The van der Waals surface area contributed by atoms with Gasteiger partial charge in [0.25, 0.3) is 0 Å². The average molecular weight is 953 g/mol. The molecule has 0 amide bonds. The number of nitrogens with zero attached hydrogens (tertiary/aromatic N) is 4. The van der Waals surface area contributed by atoms with Crippen molar-refractivity contribution < 1.29 is 20.1 Å². The van der Waals surface area contributed by atoms with E-state index < -0.39 is 0 Å². The first kappa shape index (κ1) is 43.4. The molecule has 1 radical (unpaired) electrons. The number of imidazole rings is 1. The Hall–Kier alpha value is -5.22. The number of hydrogen-bond acceptors (Lipinski definition) is 3. The fourth-order valence-corrected chi connectivity index (χ4v) is 7.59. The van der Waals surface area contributed by atoms with E-state index in [4.69, 9.17) is 9.97 Å². The predicted octanol–water partition coefficient (Wildman–Crippen LogP) is 14.4. The Balaban J connectivity index is 0.000000289. The molecule has 0 saturated heterocycles. The van der Waals surface area contributed by atoms with Crippen LogP contribution in [-0.4, -0.2) is 19.5 Å². The van der Waals surface area contributed by atoms with E-state index in [0.717, 1.165) is 50.3 Å². The van der Waals surface area contributed by atoms with Crippen molar-refractivity contribution in [1.29, 1.82) is 0 Å². The molecule has 5 aromatic carbocycles. The van der Waals surface area contributed by atoms with Gasteiger partial charge in [0, 0.05) is 43.4 Å². The summed E-state index contributed by atoms with van der Waals surface area (Å²) in [6.45, 7) is 24.6. The van der Waals surface area contributed by atoms with Gasteiger partial charge in [-0.1, -0.05) is 135 Å². The van der Waals surface area contributed by atoms with Gasteiger partial charge in [0.1, 0.15) is 0 Å². The Bertz CT molecular complexity index is 2670. The molecule has 0 unspecified atom stereocenters. The van der Waals surface area contributed by atoms with Crippen LogP contribution in [0.4, 0.5) is 0 Å². The van der Waals surface area contributed by atoms with Crippen LogP contribution in [-0.2, 0) is 30.9 Å². The molecule has 5 heteroatoms. The summed E-state index contributed by atoms with van der Waals surface area (Å²) >= 11 is 0. The van der Waals surface area contributed by atoms with Gasteiger partial charge in [-0.25, -0.2) is 0 Å². The Morgan fingerprint density at radius 1 is 0.644 bits per heavy atom. The maximum absolute atomic E-state index is 5.34. The van der Waals surface area contributed by atoms with Crippen molar-refractivity contribution in [2.24, 2.45) is 0 Å². The van der Waals surface area contributed by atoms with E-state index in [1.165, 1.54) is 39.1 Å². The summed E-state index contributed by atoms with van der Waals surface area (Å²) in [5.74, 6) is 1.44. The number of aromatic nitrogens is 4. The molecule has 59 heavy (non-hydrogen) atoms. The van der Waals surface area contributed by atoms with E-state index in [-0.39, 0.29) is 30.9 Å². The van der Waals surface area contributed by atoms with Crippen LogP contribution in [0, 0.1) is 19.1 Å². The normalized spacial score (nSPS) is 11.8. The minimum Gasteiger partial charge on any atom is -0.331 e. The van der Waals surface area contributed by atoms with Crippen LogP contribution in [0.5, 0.6) is 0 Å². The molecule has 0 N–H and O–H groups in total. The summed E-state index contributed by atoms with van der Waals surface area (Å²) in [5, 5.41) is 2.23. The maximum Gasteiger partial charge on any atom is 0.0889 e. The number of pyridine rings is 2. The van der Waals surface area contributed by atoms with Crippen molar-refractivity contribution in [1.82, 2.24) is 19.5 Å². The van der Waals surface area contributed by atoms with Gasteiger partial charge in [0.05, 0.1) is 16.9 Å². The number of rotatable bonds is 6. The zero-order valence-electron chi connectivity index (χ0n) is 36.4. The first-order chi connectivity index (χ1) is 27.6. The number of aryl methyl sites for hydroxylation is 1. The molecule has 0 bridgehead atoms. The van der Waals surface area contributed by atoms with Crippen LogP contribution in [0.15, 0.2) is 128 Å². The van der Waals surface area contributed by atoms with E-state index in [1.54, 1.807) is 0 Å². The van der Waals surface area contributed by atoms with Crippen LogP contribution in [0.1, 0.15) is 109 Å². The van der Waals surface area contributed by atoms with Crippen molar-refractivity contribution in [3.8, 4) is 39.6 Å². The molecule has 4 nitrogen and oxygen atoms in total. The van der Waals surface area contributed by atoms with Crippen molar-refractivity contribution >= 4 is 21.8 Å². The molecule has 0 saturated carbocycles. The molecule has 0 fully saturated rings. The molecule has 0 spiro atoms. The van der Waals surface area contributed by atoms with Crippen LogP contribution >= 0.6 is 0 Å². The van der Waals surface area contributed by atoms with Crippen molar-refractivity contribution in [3.05, 3.63) is 168 Å². The Morgan fingerprint density at radius 3 is 1.93 bits per heavy atom. The summed E-state index contributed by atoms with van der Waals surface area (Å²) in [4.78, 5) is 15.0. The van der Waals surface area contributed by atoms with Gasteiger partial charge in [-0.3, -0.25) is 9.97 Å². The quantitative estimate of drug-likeness (QED) is 0.156. The van der Waals surface area contributed by atoms with Gasteiger partial charge in [0.2, 0.25) is 0 Å². The standard InChI is InChI=1S/C39H40N3.C15H16N.Ir/c1-24(2)30-21-29(27-14-10-9-11-15-27)22-31(25(3)4)36(30)42-35-17-13-12-16-33(35)41-38(42)34-23-28-19-18-26(5)20-32(28)37(40-34)39(6,7)8;1-15(2,3)13-9-10-16-14(11-13)12-7-5-4-6-8-12;/h9-22,24-25H,1-8H3;4-7,9-11H,1-3H3;/q2*-1;. The zero-order valence-corrected chi connectivity index (χ0v) is 38.8. The topological polar surface area (TPSA) is 43.6 Å². The summed E-state index contributed by atoms with van der Waals surface area (Å²) in [5.41, 5.74) is 14.8. The second-order valence-corrected chi connectivity index (χ2v) is 18.1. The van der Waals surface area contributed by atoms with Gasteiger partial charge >= 0.3 is 0 Å². The van der Waals surface area contributed by atoms with E-state index in [1.807, 2.05) is 30.5 Å². The molecule has 0 aliphatic heterocycles. The van der Waals surface area contributed by atoms with Crippen molar-refractivity contribution in [3.63, 3.8) is 0 Å². The van der Waals surface area contributed by atoms with E-state index >= 15 is 0 Å². The van der Waals surface area contributed by atoms with Gasteiger partial charge in [-0.2, -0.15) is 0 Å². The third-order valence-electron chi connectivity index (χ3n) is 10.7. The van der Waals surface area contributed by atoms with Crippen LogP contribution in [0.2, 0.25) is 0 Å². The van der Waals surface area contributed by atoms with E-state index in [9.17, 15) is 0 Å². The molecule has 0 aliphatic rings. The first-order valence-electron chi connectivity index (χ1n) is 20.6. The number of benzene rings is 5. The Kier molecular flexibility index (Phi) is 12.9. The molecular formula is C54H56IrN4-2. The molecule has 8 aromatic rings. The summed E-state index contributed by atoms with van der Waals surface area (Å²) in [6, 6.07) is 49.5. The number of hydrogen-bond donors (Lipinski definition) is 0. The molecule has 303 valence electrons. The predicted molar refractivity (Wildman–Crippen MR) is 245 cm³/mol. The number of para-hydroxylation sites is 2. The van der Waals surface area contributed by atoms with Crippen LogP contribution < -0.4 is 0 Å². The van der Waals surface area contributed by atoms with E-state index in [0.29, 0.717) is 11.8 Å². The Morgan fingerprint density at radius 2 is 1.31 bits per heavy atom. The fraction of sp³-hybridized carbons (Fsp3) is 0.278. The van der Waals surface area contributed by atoms with Gasteiger partial charge in [0.15, 0.2) is 0 Å². The molecule has 8 rings (SSSR count). The van der Waals surface area contributed by atoms with Gasteiger partial charge in [-0.05, 0) is 93.4 Å². The summed E-state index contributed by atoms with van der Waals surface area (Å²) < 4.78 is 2.36. The third kappa shape index (κ3) is 9.33. The van der Waals surface area contributed by atoms with Gasteiger partial charge < -0.3 is 9.55 Å². The SMILES string of the molecule is CC(C)(C)c1ccnc(-c2[c-]cccc2)c1.Cc1ccc2[c-]c(-c3nc4ccccc4n3-c3c(C(C)C)cc(-c4ccccc4)cc3C(C)C)nc(C(C)(C)C)c2c1.[Ir]. The van der Waals surface area contributed by atoms with Crippen LogP contribution in [0.25, 0.3) is 61.4 Å². The molecule has 3 aromatic heterocycles. The summed E-state index contributed by atoms with van der Waals surface area (Å²) in [6.07, 6.45) is 1.87. The largest absolute Gasteiger partial charge is 0.331 e.